The highest BCUT2D eigenvalue weighted by Gasteiger charge is 2.33. The van der Waals surface area contributed by atoms with E-state index in [1.807, 2.05) is 49.3 Å². The van der Waals surface area contributed by atoms with Crippen LogP contribution in [0, 0.1) is 5.92 Å². The van der Waals surface area contributed by atoms with Crippen molar-refractivity contribution in [1.82, 2.24) is 15.1 Å². The van der Waals surface area contributed by atoms with Gasteiger partial charge in [-0.2, -0.15) is 0 Å². The molecule has 5 nitrogen and oxygen atoms in total. The molecular formula is C17H25N3O2. The fourth-order valence-electron chi connectivity index (χ4n) is 2.60. The number of amides is 2. The molecule has 1 fully saturated rings. The highest BCUT2D eigenvalue weighted by atomic mass is 16.2. The Kier molecular flexibility index (Phi) is 5.95. The van der Waals surface area contributed by atoms with Crippen molar-refractivity contribution >= 4 is 11.8 Å². The first kappa shape index (κ1) is 16.5. The first-order valence-corrected chi connectivity index (χ1v) is 7.80. The van der Waals surface area contributed by atoms with Crippen molar-refractivity contribution in [1.29, 1.82) is 0 Å². The van der Waals surface area contributed by atoms with E-state index in [0.717, 1.165) is 13.0 Å². The molecule has 1 aliphatic heterocycles. The van der Waals surface area contributed by atoms with Gasteiger partial charge in [0, 0.05) is 32.6 Å². The summed E-state index contributed by atoms with van der Waals surface area (Å²) in [5.41, 5.74) is 1.21. The normalized spacial score (nSPS) is 18.0. The lowest BCUT2D eigenvalue weighted by Crippen LogP contribution is -2.36. The second-order valence-corrected chi connectivity index (χ2v) is 6.07. The van der Waals surface area contributed by atoms with Crippen molar-refractivity contribution in [3.05, 3.63) is 35.9 Å². The summed E-state index contributed by atoms with van der Waals surface area (Å²) in [7, 11) is 3.96. The smallest absolute Gasteiger partial charge is 0.225 e. The maximum Gasteiger partial charge on any atom is 0.225 e. The average Bonchev–Trinajstić information content (AvgIpc) is 2.87. The summed E-state index contributed by atoms with van der Waals surface area (Å²) < 4.78 is 0. The van der Waals surface area contributed by atoms with Crippen LogP contribution in [-0.4, -0.2) is 61.9 Å². The topological polar surface area (TPSA) is 52.6 Å². The molecule has 1 unspecified atom stereocenters. The van der Waals surface area contributed by atoms with Crippen molar-refractivity contribution in [2.45, 2.75) is 12.8 Å². The van der Waals surface area contributed by atoms with Crippen LogP contribution < -0.4 is 5.32 Å². The highest BCUT2D eigenvalue weighted by molar-refractivity contribution is 5.89. The first-order valence-electron chi connectivity index (χ1n) is 7.80. The van der Waals surface area contributed by atoms with Crippen LogP contribution in [0.15, 0.2) is 30.3 Å². The van der Waals surface area contributed by atoms with E-state index >= 15 is 0 Å². The second kappa shape index (κ2) is 7.94. The van der Waals surface area contributed by atoms with Gasteiger partial charge in [-0.3, -0.25) is 9.59 Å². The lowest BCUT2D eigenvalue weighted by molar-refractivity contribution is -0.129. The summed E-state index contributed by atoms with van der Waals surface area (Å²) in [6.07, 6.45) is 1.15. The number of hydrogen-bond donors (Lipinski definition) is 1. The SMILES string of the molecule is CN(C)CCN1CC(C(=O)NCCc2ccccc2)CC1=O. The van der Waals surface area contributed by atoms with Gasteiger partial charge in [-0.25, -0.2) is 0 Å². The largest absolute Gasteiger partial charge is 0.355 e. The van der Waals surface area contributed by atoms with E-state index in [4.69, 9.17) is 0 Å². The number of likely N-dealkylation sites (N-methyl/N-ethyl adjacent to an activating group) is 1. The maximum absolute atomic E-state index is 12.2. The zero-order valence-electron chi connectivity index (χ0n) is 13.4. The van der Waals surface area contributed by atoms with Crippen LogP contribution in [0.5, 0.6) is 0 Å². The Morgan fingerprint density at radius 1 is 1.32 bits per heavy atom. The zero-order valence-corrected chi connectivity index (χ0v) is 13.4. The summed E-state index contributed by atoms with van der Waals surface area (Å²) in [6.45, 7) is 2.68. The number of hydrogen-bond acceptors (Lipinski definition) is 3. The van der Waals surface area contributed by atoms with Gasteiger partial charge in [0.25, 0.3) is 0 Å². The molecule has 1 N–H and O–H groups in total. The molecule has 1 heterocycles. The molecule has 1 aliphatic rings. The Hall–Kier alpha value is -1.88. The van der Waals surface area contributed by atoms with Crippen LogP contribution >= 0.6 is 0 Å². The molecule has 1 aromatic rings. The molecule has 2 rings (SSSR count). The maximum atomic E-state index is 12.2. The van der Waals surface area contributed by atoms with Crippen molar-refractivity contribution in [3.8, 4) is 0 Å². The monoisotopic (exact) mass is 303 g/mol. The van der Waals surface area contributed by atoms with E-state index in [9.17, 15) is 9.59 Å². The summed E-state index contributed by atoms with van der Waals surface area (Å²) in [4.78, 5) is 27.9. The van der Waals surface area contributed by atoms with Crippen molar-refractivity contribution in [3.63, 3.8) is 0 Å². The quantitative estimate of drug-likeness (QED) is 0.809. The molecule has 0 radical (unpaired) electrons. The minimum atomic E-state index is -0.203. The number of nitrogens with one attached hydrogen (secondary N) is 1. The molecule has 120 valence electrons. The number of carbonyl (C=O) groups excluding carboxylic acids is 2. The molecule has 1 aromatic carbocycles. The third-order valence-corrected chi connectivity index (χ3v) is 3.96. The van der Waals surface area contributed by atoms with Gasteiger partial charge in [-0.1, -0.05) is 30.3 Å². The molecule has 1 atom stereocenters. The summed E-state index contributed by atoms with van der Waals surface area (Å²) >= 11 is 0. The summed E-state index contributed by atoms with van der Waals surface area (Å²) in [6, 6.07) is 10.1. The number of carbonyl (C=O) groups is 2. The van der Waals surface area contributed by atoms with E-state index in [1.165, 1.54) is 5.56 Å². The molecule has 5 heteroatoms. The van der Waals surface area contributed by atoms with Crippen LogP contribution in [0.2, 0.25) is 0 Å². The molecule has 0 spiro atoms. The second-order valence-electron chi connectivity index (χ2n) is 6.07. The highest BCUT2D eigenvalue weighted by Crippen LogP contribution is 2.17. The molecule has 1 saturated heterocycles. The minimum Gasteiger partial charge on any atom is -0.355 e. The van der Waals surface area contributed by atoms with Gasteiger partial charge < -0.3 is 15.1 Å². The Labute approximate surface area is 132 Å². The number of rotatable bonds is 7. The summed E-state index contributed by atoms with van der Waals surface area (Å²) in [5.74, 6) is -0.118. The van der Waals surface area contributed by atoms with Crippen LogP contribution in [0.4, 0.5) is 0 Å². The van der Waals surface area contributed by atoms with Crippen molar-refractivity contribution in [2.24, 2.45) is 5.92 Å². The van der Waals surface area contributed by atoms with Crippen molar-refractivity contribution in [2.75, 3.05) is 40.3 Å². The number of nitrogens with zero attached hydrogens (tertiary/aromatic N) is 2. The van der Waals surface area contributed by atoms with Gasteiger partial charge in [0.2, 0.25) is 11.8 Å². The standard InChI is InChI=1S/C17H25N3O2/c1-19(2)10-11-20-13-15(12-16(20)21)17(22)18-9-8-14-6-4-3-5-7-14/h3-7,15H,8-13H2,1-2H3,(H,18,22). The van der Waals surface area contributed by atoms with Gasteiger partial charge in [-0.15, -0.1) is 0 Å². The Morgan fingerprint density at radius 2 is 2.05 bits per heavy atom. The van der Waals surface area contributed by atoms with Crippen LogP contribution in [0.25, 0.3) is 0 Å². The van der Waals surface area contributed by atoms with Gasteiger partial charge >= 0.3 is 0 Å². The zero-order chi connectivity index (χ0) is 15.9. The molecule has 22 heavy (non-hydrogen) atoms. The molecule has 0 saturated carbocycles. The van der Waals surface area contributed by atoms with Gasteiger partial charge in [0.15, 0.2) is 0 Å². The third kappa shape index (κ3) is 4.84. The molecule has 0 aliphatic carbocycles. The van der Waals surface area contributed by atoms with Crippen LogP contribution in [-0.2, 0) is 16.0 Å². The fourth-order valence-corrected chi connectivity index (χ4v) is 2.60. The molecule has 0 aromatic heterocycles. The summed E-state index contributed by atoms with van der Waals surface area (Å²) in [5, 5.41) is 2.95. The number of benzene rings is 1. The Morgan fingerprint density at radius 3 is 2.73 bits per heavy atom. The average molecular weight is 303 g/mol. The van der Waals surface area contributed by atoms with Crippen molar-refractivity contribution < 1.29 is 9.59 Å². The molecule has 0 bridgehead atoms. The lowest BCUT2D eigenvalue weighted by atomic mass is 10.1. The van der Waals surface area contributed by atoms with Gasteiger partial charge in [0.05, 0.1) is 5.92 Å². The van der Waals surface area contributed by atoms with Gasteiger partial charge in [-0.05, 0) is 26.1 Å². The first-order chi connectivity index (χ1) is 10.6. The number of likely N-dealkylation sites (tertiary alicyclic amines) is 1. The molecular weight excluding hydrogens is 278 g/mol. The Balaban J connectivity index is 1.73. The van der Waals surface area contributed by atoms with E-state index in [2.05, 4.69) is 5.32 Å². The predicted octanol–water partition coefficient (Wildman–Crippen LogP) is 0.755. The van der Waals surface area contributed by atoms with Crippen LogP contribution in [0.1, 0.15) is 12.0 Å². The minimum absolute atomic E-state index is 0.00312. The van der Waals surface area contributed by atoms with Gasteiger partial charge in [0.1, 0.15) is 0 Å². The van der Waals surface area contributed by atoms with Crippen LogP contribution in [0.3, 0.4) is 0 Å². The lowest BCUT2D eigenvalue weighted by Gasteiger charge is -2.19. The Bertz CT molecular complexity index is 502. The van der Waals surface area contributed by atoms with E-state index in [0.29, 0.717) is 26.1 Å². The van der Waals surface area contributed by atoms with E-state index in [-0.39, 0.29) is 17.7 Å². The van der Waals surface area contributed by atoms with E-state index in [1.54, 1.807) is 4.90 Å². The molecule has 2 amide bonds. The fraction of sp³-hybridized carbons (Fsp3) is 0.529. The van der Waals surface area contributed by atoms with E-state index < -0.39 is 0 Å². The third-order valence-electron chi connectivity index (χ3n) is 3.96. The predicted molar refractivity (Wildman–Crippen MR) is 86.4 cm³/mol.